The summed E-state index contributed by atoms with van der Waals surface area (Å²) in [5.41, 5.74) is -0.609. The number of carbonyl (C=O) groups excluding carboxylic acids is 1. The van der Waals surface area contributed by atoms with Gasteiger partial charge in [0.15, 0.2) is 0 Å². The van der Waals surface area contributed by atoms with E-state index in [0.717, 1.165) is 6.07 Å². The molecule has 1 rings (SSSR count). The first kappa shape index (κ1) is 13.9. The van der Waals surface area contributed by atoms with Gasteiger partial charge in [0.05, 0.1) is 17.8 Å². The first-order valence-electron chi connectivity index (χ1n) is 5.19. The molecule has 0 atom stereocenters. The first-order chi connectivity index (χ1) is 8.56. The third kappa shape index (κ3) is 3.67. The molecule has 0 saturated heterocycles. The molecule has 5 nitrogen and oxygen atoms in total. The second-order valence-electron chi connectivity index (χ2n) is 3.44. The van der Waals surface area contributed by atoms with Gasteiger partial charge in [-0.15, -0.1) is 6.58 Å². The van der Waals surface area contributed by atoms with Gasteiger partial charge in [0, 0.05) is 6.54 Å². The van der Waals surface area contributed by atoms with Gasteiger partial charge in [0.2, 0.25) is 5.91 Å². The molecule has 0 bridgehead atoms. The lowest BCUT2D eigenvalue weighted by atomic mass is 10.1. The lowest BCUT2D eigenvalue weighted by Crippen LogP contribution is -2.29. The fourth-order valence-electron chi connectivity index (χ4n) is 1.30. The maximum Gasteiger partial charge on any atom is 0.337 e. The molecule has 0 unspecified atom stereocenters. The summed E-state index contributed by atoms with van der Waals surface area (Å²) in [6.07, 6.45) is 1.57. The number of carboxylic acids is 1. The monoisotopic (exact) mass is 252 g/mol. The molecule has 1 aromatic carbocycles. The van der Waals surface area contributed by atoms with Gasteiger partial charge in [-0.1, -0.05) is 12.1 Å². The Hall–Kier alpha value is -2.21. The van der Waals surface area contributed by atoms with Gasteiger partial charge in [-0.2, -0.15) is 0 Å². The molecule has 0 heterocycles. The van der Waals surface area contributed by atoms with Crippen LogP contribution in [0.15, 0.2) is 30.9 Å². The number of hydrogen-bond donors (Lipinski definition) is 3. The number of amides is 1. The Bertz CT molecular complexity index is 474. The molecule has 1 amide bonds. The van der Waals surface area contributed by atoms with Crippen LogP contribution in [0.2, 0.25) is 0 Å². The number of carbonyl (C=O) groups is 2. The number of rotatable bonds is 6. The molecule has 18 heavy (non-hydrogen) atoms. The van der Waals surface area contributed by atoms with E-state index in [9.17, 15) is 14.0 Å². The van der Waals surface area contributed by atoms with Gasteiger partial charge >= 0.3 is 5.97 Å². The van der Waals surface area contributed by atoms with E-state index in [4.69, 9.17) is 5.11 Å². The average molecular weight is 252 g/mol. The van der Waals surface area contributed by atoms with E-state index in [1.165, 1.54) is 12.1 Å². The van der Waals surface area contributed by atoms with Crippen LogP contribution in [0.25, 0.3) is 0 Å². The molecule has 6 heteroatoms. The number of para-hydroxylation sites is 1. The largest absolute Gasteiger partial charge is 0.478 e. The minimum absolute atomic E-state index is 0.0561. The fourth-order valence-corrected chi connectivity index (χ4v) is 1.30. The van der Waals surface area contributed by atoms with Gasteiger partial charge in [-0.3, -0.25) is 4.79 Å². The van der Waals surface area contributed by atoms with Crippen molar-refractivity contribution in [1.82, 2.24) is 5.32 Å². The summed E-state index contributed by atoms with van der Waals surface area (Å²) in [4.78, 5) is 22.3. The van der Waals surface area contributed by atoms with Crippen molar-refractivity contribution >= 4 is 17.6 Å². The van der Waals surface area contributed by atoms with E-state index in [1.807, 2.05) is 0 Å². The van der Waals surface area contributed by atoms with Crippen LogP contribution in [0.1, 0.15) is 10.4 Å². The lowest BCUT2D eigenvalue weighted by Gasteiger charge is -2.09. The van der Waals surface area contributed by atoms with Crippen molar-refractivity contribution in [2.75, 3.05) is 18.4 Å². The summed E-state index contributed by atoms with van der Waals surface area (Å²) in [7, 11) is 0. The number of halogens is 1. The van der Waals surface area contributed by atoms with Crippen molar-refractivity contribution < 1.29 is 19.1 Å². The Morgan fingerprint density at radius 3 is 2.78 bits per heavy atom. The molecule has 0 aliphatic heterocycles. The van der Waals surface area contributed by atoms with Crippen LogP contribution in [0, 0.1) is 5.82 Å². The second-order valence-corrected chi connectivity index (χ2v) is 3.44. The molecular formula is C12H13FN2O3. The zero-order valence-corrected chi connectivity index (χ0v) is 9.57. The number of hydrogen-bond acceptors (Lipinski definition) is 3. The highest BCUT2D eigenvalue weighted by atomic mass is 19.1. The van der Waals surface area contributed by atoms with E-state index < -0.39 is 17.7 Å². The Labute approximate surface area is 103 Å². The number of benzene rings is 1. The smallest absolute Gasteiger partial charge is 0.337 e. The minimum Gasteiger partial charge on any atom is -0.478 e. The van der Waals surface area contributed by atoms with Crippen LogP contribution in [0.5, 0.6) is 0 Å². The van der Waals surface area contributed by atoms with Gasteiger partial charge in [-0.05, 0) is 12.1 Å². The maximum atomic E-state index is 13.4. The highest BCUT2D eigenvalue weighted by Crippen LogP contribution is 2.19. The summed E-state index contributed by atoms with van der Waals surface area (Å²) in [6.45, 7) is 3.83. The highest BCUT2D eigenvalue weighted by molar-refractivity contribution is 6.01. The van der Waals surface area contributed by atoms with Crippen LogP contribution >= 0.6 is 0 Å². The molecule has 1 aromatic rings. The first-order valence-corrected chi connectivity index (χ1v) is 5.19. The van der Waals surface area contributed by atoms with Crippen LogP contribution < -0.4 is 10.6 Å². The highest BCUT2D eigenvalue weighted by Gasteiger charge is 2.15. The minimum atomic E-state index is -1.30. The predicted octanol–water partition coefficient (Wildman–Crippen LogP) is 1.24. The molecule has 0 spiro atoms. The molecule has 0 aliphatic rings. The zero-order chi connectivity index (χ0) is 13.5. The standard InChI is InChI=1S/C12H13FN2O3/c1-2-6-14-7-10(16)15-11-8(12(17)18)4-3-5-9(11)13/h2-5,14H,1,6-7H2,(H,15,16)(H,17,18). The number of nitrogens with one attached hydrogen (secondary N) is 2. The van der Waals surface area contributed by atoms with Crippen molar-refractivity contribution in [2.45, 2.75) is 0 Å². The van der Waals surface area contributed by atoms with Crippen molar-refractivity contribution in [3.8, 4) is 0 Å². The van der Waals surface area contributed by atoms with Gasteiger partial charge in [-0.25, -0.2) is 9.18 Å². The van der Waals surface area contributed by atoms with Crippen molar-refractivity contribution in [3.63, 3.8) is 0 Å². The summed E-state index contributed by atoms with van der Waals surface area (Å²) in [5.74, 6) is -2.61. The summed E-state index contributed by atoms with van der Waals surface area (Å²) < 4.78 is 13.4. The third-order valence-electron chi connectivity index (χ3n) is 2.08. The molecular weight excluding hydrogens is 239 g/mol. The second kappa shape index (κ2) is 6.51. The molecule has 3 N–H and O–H groups in total. The lowest BCUT2D eigenvalue weighted by molar-refractivity contribution is -0.115. The fraction of sp³-hybridized carbons (Fsp3) is 0.167. The van der Waals surface area contributed by atoms with Crippen molar-refractivity contribution in [3.05, 3.63) is 42.2 Å². The molecule has 0 aromatic heterocycles. The SMILES string of the molecule is C=CCNCC(=O)Nc1c(F)cccc1C(=O)O. The van der Waals surface area contributed by atoms with E-state index in [1.54, 1.807) is 6.08 Å². The maximum absolute atomic E-state index is 13.4. The van der Waals surface area contributed by atoms with Crippen molar-refractivity contribution in [2.24, 2.45) is 0 Å². The van der Waals surface area contributed by atoms with Crippen LogP contribution in [0.3, 0.4) is 0 Å². The van der Waals surface area contributed by atoms with E-state index >= 15 is 0 Å². The topological polar surface area (TPSA) is 78.4 Å². The quantitative estimate of drug-likeness (QED) is 0.525. The third-order valence-corrected chi connectivity index (χ3v) is 2.08. The summed E-state index contributed by atoms with van der Waals surface area (Å²) in [5, 5.41) is 13.8. The Kier molecular flexibility index (Phi) is 5.01. The molecule has 96 valence electrons. The van der Waals surface area contributed by atoms with E-state index in [2.05, 4.69) is 17.2 Å². The summed E-state index contributed by atoms with van der Waals surface area (Å²) >= 11 is 0. The van der Waals surface area contributed by atoms with Crippen LogP contribution in [-0.2, 0) is 4.79 Å². The molecule has 0 fully saturated rings. The van der Waals surface area contributed by atoms with Crippen molar-refractivity contribution in [1.29, 1.82) is 0 Å². The number of aromatic carboxylic acids is 1. The normalized spacial score (nSPS) is 9.83. The van der Waals surface area contributed by atoms with Gasteiger partial charge in [0.1, 0.15) is 5.82 Å². The predicted molar refractivity (Wildman–Crippen MR) is 65.1 cm³/mol. The van der Waals surface area contributed by atoms with Crippen LogP contribution in [-0.4, -0.2) is 30.1 Å². The Morgan fingerprint density at radius 1 is 1.44 bits per heavy atom. The zero-order valence-electron chi connectivity index (χ0n) is 9.57. The Balaban J connectivity index is 2.80. The summed E-state index contributed by atoms with van der Waals surface area (Å²) in [6, 6.07) is 3.57. The van der Waals surface area contributed by atoms with E-state index in [0.29, 0.717) is 6.54 Å². The average Bonchev–Trinajstić information content (AvgIpc) is 2.31. The van der Waals surface area contributed by atoms with Crippen LogP contribution in [0.4, 0.5) is 10.1 Å². The van der Waals surface area contributed by atoms with E-state index in [-0.39, 0.29) is 17.8 Å². The number of carboxylic acid groups (broad SMARTS) is 1. The number of anilines is 1. The molecule has 0 radical (unpaired) electrons. The van der Waals surface area contributed by atoms with Gasteiger partial charge in [0.25, 0.3) is 0 Å². The van der Waals surface area contributed by atoms with Gasteiger partial charge < -0.3 is 15.7 Å². The Morgan fingerprint density at radius 2 is 2.17 bits per heavy atom. The molecule has 0 saturated carbocycles. The molecule has 0 aliphatic carbocycles.